The van der Waals surface area contributed by atoms with Gasteiger partial charge in [-0.3, -0.25) is 4.79 Å². The summed E-state index contributed by atoms with van der Waals surface area (Å²) < 4.78 is 0. The molecule has 0 aliphatic carbocycles. The third-order valence-electron chi connectivity index (χ3n) is 3.29. The Morgan fingerprint density at radius 2 is 1.60 bits per heavy atom. The fourth-order valence-corrected chi connectivity index (χ4v) is 1.97. The second kappa shape index (κ2) is 6.24. The molecule has 3 nitrogen and oxygen atoms in total. The molecule has 0 aromatic heterocycles. The Morgan fingerprint density at radius 1 is 0.950 bits per heavy atom. The SMILES string of the molecule is CCNc1ccc(C(=O)Nc2ccc(C)c(C)c2)cc1. The second-order valence-electron chi connectivity index (χ2n) is 4.86. The van der Waals surface area contributed by atoms with Crippen LogP contribution in [0.4, 0.5) is 11.4 Å². The van der Waals surface area contributed by atoms with Crippen LogP contribution in [0, 0.1) is 13.8 Å². The summed E-state index contributed by atoms with van der Waals surface area (Å²) in [6, 6.07) is 13.4. The van der Waals surface area contributed by atoms with E-state index in [0.29, 0.717) is 5.56 Å². The molecule has 2 rings (SSSR count). The first-order valence-electron chi connectivity index (χ1n) is 6.82. The summed E-state index contributed by atoms with van der Waals surface area (Å²) in [7, 11) is 0. The molecule has 2 aromatic rings. The van der Waals surface area contributed by atoms with Crippen LogP contribution < -0.4 is 10.6 Å². The van der Waals surface area contributed by atoms with Gasteiger partial charge in [0.2, 0.25) is 0 Å². The van der Waals surface area contributed by atoms with Crippen LogP contribution in [0.1, 0.15) is 28.4 Å². The van der Waals surface area contributed by atoms with E-state index in [0.717, 1.165) is 17.9 Å². The van der Waals surface area contributed by atoms with Gasteiger partial charge in [-0.25, -0.2) is 0 Å². The Hall–Kier alpha value is -2.29. The zero-order valence-electron chi connectivity index (χ0n) is 12.2. The number of amides is 1. The van der Waals surface area contributed by atoms with Crippen molar-refractivity contribution in [3.05, 3.63) is 59.2 Å². The van der Waals surface area contributed by atoms with Gasteiger partial charge in [-0.1, -0.05) is 6.07 Å². The van der Waals surface area contributed by atoms with Crippen LogP contribution in [0.2, 0.25) is 0 Å². The molecule has 1 amide bonds. The molecule has 0 unspecified atom stereocenters. The number of carbonyl (C=O) groups is 1. The number of benzene rings is 2. The number of hydrogen-bond acceptors (Lipinski definition) is 2. The van der Waals surface area contributed by atoms with E-state index in [-0.39, 0.29) is 5.91 Å². The summed E-state index contributed by atoms with van der Waals surface area (Å²) >= 11 is 0. The molecule has 0 spiro atoms. The Kier molecular flexibility index (Phi) is 4.41. The van der Waals surface area contributed by atoms with E-state index in [9.17, 15) is 4.79 Å². The molecule has 0 bridgehead atoms. The van der Waals surface area contributed by atoms with Gasteiger partial charge in [0.05, 0.1) is 0 Å². The normalized spacial score (nSPS) is 10.2. The predicted molar refractivity (Wildman–Crippen MR) is 84.5 cm³/mol. The first-order chi connectivity index (χ1) is 9.60. The van der Waals surface area contributed by atoms with E-state index in [4.69, 9.17) is 0 Å². The van der Waals surface area contributed by atoms with Crippen molar-refractivity contribution in [2.75, 3.05) is 17.2 Å². The second-order valence-corrected chi connectivity index (χ2v) is 4.86. The summed E-state index contributed by atoms with van der Waals surface area (Å²) in [4.78, 5) is 12.1. The van der Waals surface area contributed by atoms with Crippen LogP contribution in [-0.4, -0.2) is 12.5 Å². The highest BCUT2D eigenvalue weighted by molar-refractivity contribution is 6.04. The van der Waals surface area contributed by atoms with E-state index in [1.54, 1.807) is 0 Å². The van der Waals surface area contributed by atoms with Crippen LogP contribution in [0.25, 0.3) is 0 Å². The van der Waals surface area contributed by atoms with Crippen molar-refractivity contribution >= 4 is 17.3 Å². The maximum Gasteiger partial charge on any atom is 0.255 e. The lowest BCUT2D eigenvalue weighted by atomic mass is 10.1. The van der Waals surface area contributed by atoms with Crippen LogP contribution in [0.15, 0.2) is 42.5 Å². The molecule has 0 aliphatic heterocycles. The van der Waals surface area contributed by atoms with Crippen molar-refractivity contribution in [3.63, 3.8) is 0 Å². The van der Waals surface area contributed by atoms with Crippen LogP contribution in [0.5, 0.6) is 0 Å². The topological polar surface area (TPSA) is 41.1 Å². The van der Waals surface area contributed by atoms with Gasteiger partial charge in [0.15, 0.2) is 0 Å². The molecule has 0 saturated heterocycles. The zero-order valence-corrected chi connectivity index (χ0v) is 12.2. The van der Waals surface area contributed by atoms with Crippen molar-refractivity contribution in [1.29, 1.82) is 0 Å². The van der Waals surface area contributed by atoms with Crippen molar-refractivity contribution in [1.82, 2.24) is 0 Å². The Morgan fingerprint density at radius 3 is 2.20 bits per heavy atom. The fraction of sp³-hybridized carbons (Fsp3) is 0.235. The number of anilines is 2. The molecular weight excluding hydrogens is 248 g/mol. The van der Waals surface area contributed by atoms with Gasteiger partial charge in [0.1, 0.15) is 0 Å². The quantitative estimate of drug-likeness (QED) is 0.880. The van der Waals surface area contributed by atoms with Crippen LogP contribution in [-0.2, 0) is 0 Å². The first kappa shape index (κ1) is 14.1. The number of carbonyl (C=O) groups excluding carboxylic acids is 1. The Bertz CT molecular complexity index is 603. The molecule has 0 atom stereocenters. The lowest BCUT2D eigenvalue weighted by Gasteiger charge is -2.08. The molecular formula is C17H20N2O. The van der Waals surface area contributed by atoms with E-state index in [1.807, 2.05) is 56.3 Å². The average Bonchev–Trinajstić information content (AvgIpc) is 2.44. The molecule has 0 aliphatic rings. The number of nitrogens with one attached hydrogen (secondary N) is 2. The van der Waals surface area contributed by atoms with Gasteiger partial charge < -0.3 is 10.6 Å². The zero-order chi connectivity index (χ0) is 14.5. The molecule has 0 heterocycles. The molecule has 0 radical (unpaired) electrons. The van der Waals surface area contributed by atoms with Gasteiger partial charge in [-0.2, -0.15) is 0 Å². The van der Waals surface area contributed by atoms with E-state index >= 15 is 0 Å². The average molecular weight is 268 g/mol. The third kappa shape index (κ3) is 3.38. The minimum absolute atomic E-state index is 0.0868. The maximum atomic E-state index is 12.1. The Labute approximate surface area is 120 Å². The van der Waals surface area contributed by atoms with E-state index < -0.39 is 0 Å². The lowest BCUT2D eigenvalue weighted by molar-refractivity contribution is 0.102. The van der Waals surface area contributed by atoms with Crippen LogP contribution in [0.3, 0.4) is 0 Å². The predicted octanol–water partition coefficient (Wildman–Crippen LogP) is 3.99. The molecule has 104 valence electrons. The van der Waals surface area contributed by atoms with Gasteiger partial charge >= 0.3 is 0 Å². The molecule has 20 heavy (non-hydrogen) atoms. The highest BCUT2D eigenvalue weighted by Gasteiger charge is 2.06. The largest absolute Gasteiger partial charge is 0.385 e. The third-order valence-corrected chi connectivity index (χ3v) is 3.29. The summed E-state index contributed by atoms with van der Waals surface area (Å²) in [5.74, 6) is -0.0868. The molecule has 2 N–H and O–H groups in total. The van der Waals surface area contributed by atoms with E-state index in [2.05, 4.69) is 17.6 Å². The Balaban J connectivity index is 2.09. The summed E-state index contributed by atoms with van der Waals surface area (Å²) in [5.41, 5.74) is 4.90. The molecule has 0 saturated carbocycles. The summed E-state index contributed by atoms with van der Waals surface area (Å²) in [6.45, 7) is 7.01. The van der Waals surface area contributed by atoms with Crippen molar-refractivity contribution in [3.8, 4) is 0 Å². The van der Waals surface area contributed by atoms with Gasteiger partial charge in [-0.15, -0.1) is 0 Å². The van der Waals surface area contributed by atoms with Gasteiger partial charge in [-0.05, 0) is 68.3 Å². The van der Waals surface area contributed by atoms with Crippen molar-refractivity contribution in [2.45, 2.75) is 20.8 Å². The highest BCUT2D eigenvalue weighted by Crippen LogP contribution is 2.16. The fourth-order valence-electron chi connectivity index (χ4n) is 1.97. The minimum Gasteiger partial charge on any atom is -0.385 e. The summed E-state index contributed by atoms with van der Waals surface area (Å²) in [5, 5.41) is 6.12. The molecule has 0 fully saturated rings. The first-order valence-corrected chi connectivity index (χ1v) is 6.82. The van der Waals surface area contributed by atoms with E-state index in [1.165, 1.54) is 11.1 Å². The van der Waals surface area contributed by atoms with Gasteiger partial charge in [0.25, 0.3) is 5.91 Å². The number of hydrogen-bond donors (Lipinski definition) is 2. The molecule has 2 aromatic carbocycles. The monoisotopic (exact) mass is 268 g/mol. The summed E-state index contributed by atoms with van der Waals surface area (Å²) in [6.07, 6.45) is 0. The van der Waals surface area contributed by atoms with Crippen molar-refractivity contribution in [2.24, 2.45) is 0 Å². The number of rotatable bonds is 4. The minimum atomic E-state index is -0.0868. The standard InChI is InChI=1S/C17H20N2O/c1-4-18-15-9-6-14(7-10-15)17(20)19-16-8-5-12(2)13(3)11-16/h5-11,18H,4H2,1-3H3,(H,19,20). The highest BCUT2D eigenvalue weighted by atomic mass is 16.1. The maximum absolute atomic E-state index is 12.1. The van der Waals surface area contributed by atoms with Crippen LogP contribution >= 0.6 is 0 Å². The van der Waals surface area contributed by atoms with Crippen molar-refractivity contribution < 1.29 is 4.79 Å². The molecule has 3 heteroatoms. The lowest BCUT2D eigenvalue weighted by Crippen LogP contribution is -2.12. The number of aryl methyl sites for hydroxylation is 2. The van der Waals surface area contributed by atoms with Gasteiger partial charge in [0, 0.05) is 23.5 Å². The smallest absolute Gasteiger partial charge is 0.255 e.